The predicted molar refractivity (Wildman–Crippen MR) is 133 cm³/mol. The Bertz CT molecular complexity index is 1390. The maximum Gasteiger partial charge on any atom is 0.348 e. The zero-order valence-corrected chi connectivity index (χ0v) is 19.9. The Kier molecular flexibility index (Phi) is 6.08. The van der Waals surface area contributed by atoms with Gasteiger partial charge in [0.25, 0.3) is 0 Å². The van der Waals surface area contributed by atoms with Crippen LogP contribution >= 0.6 is 23.8 Å². The number of ether oxygens (including phenoxy) is 2. The maximum absolute atomic E-state index is 12.3. The van der Waals surface area contributed by atoms with Gasteiger partial charge in [0.05, 0.1) is 19.3 Å². The predicted octanol–water partition coefficient (Wildman–Crippen LogP) is 5.12. The Morgan fingerprint density at radius 1 is 1.09 bits per heavy atom. The first-order valence-electron chi connectivity index (χ1n) is 10.6. The number of carbonyl (C=O) groups excluding carboxylic acids is 1. The van der Waals surface area contributed by atoms with Crippen molar-refractivity contribution in [3.8, 4) is 22.8 Å². The number of rotatable bonds is 5. The Hall–Kier alpha value is -3.62. The van der Waals surface area contributed by atoms with Crippen LogP contribution in [-0.2, 0) is 16.2 Å². The largest absolute Gasteiger partial charge is 0.475 e. The quantitative estimate of drug-likeness (QED) is 0.284. The highest BCUT2D eigenvalue weighted by Gasteiger charge is 2.32. The minimum atomic E-state index is -0.749. The smallest absolute Gasteiger partial charge is 0.348 e. The van der Waals surface area contributed by atoms with Crippen molar-refractivity contribution in [2.24, 2.45) is 0 Å². The van der Waals surface area contributed by atoms with E-state index in [4.69, 9.17) is 38.4 Å². The number of hydrogen-bond acceptors (Lipinski definition) is 6. The fourth-order valence-electron chi connectivity index (χ4n) is 3.95. The molecule has 0 saturated carbocycles. The minimum absolute atomic E-state index is 0.305. The van der Waals surface area contributed by atoms with Crippen LogP contribution in [0.2, 0.25) is 5.02 Å². The molecule has 0 unspecified atom stereocenters. The SMILES string of the molecule is COC(=O)[C@@H]1CN(Cn2nc(-c3ccc(Cl)cc3)n(-c3ccccc3)c2=S)c2ccccc2O1. The van der Waals surface area contributed by atoms with Gasteiger partial charge in [0, 0.05) is 16.3 Å². The zero-order valence-electron chi connectivity index (χ0n) is 18.3. The normalized spacial score (nSPS) is 14.9. The van der Waals surface area contributed by atoms with Crippen LogP contribution in [0.4, 0.5) is 5.69 Å². The molecule has 1 aliphatic heterocycles. The molecule has 0 N–H and O–H groups in total. The van der Waals surface area contributed by atoms with Crippen LogP contribution in [0.25, 0.3) is 17.1 Å². The number of fused-ring (bicyclic) bond motifs is 1. The Morgan fingerprint density at radius 3 is 2.53 bits per heavy atom. The second kappa shape index (κ2) is 9.32. The molecule has 1 atom stereocenters. The lowest BCUT2D eigenvalue weighted by Gasteiger charge is -2.34. The van der Waals surface area contributed by atoms with Crippen LogP contribution in [0.3, 0.4) is 0 Å². The Morgan fingerprint density at radius 2 is 1.79 bits per heavy atom. The number of para-hydroxylation sites is 3. The molecule has 0 amide bonds. The van der Waals surface area contributed by atoms with Crippen molar-refractivity contribution in [3.05, 3.63) is 88.7 Å². The lowest BCUT2D eigenvalue weighted by Crippen LogP contribution is -2.45. The second-order valence-corrected chi connectivity index (χ2v) is 8.55. The van der Waals surface area contributed by atoms with E-state index >= 15 is 0 Å². The minimum Gasteiger partial charge on any atom is -0.475 e. The molecule has 1 aromatic heterocycles. The number of esters is 1. The van der Waals surface area contributed by atoms with Crippen LogP contribution in [0, 0.1) is 4.77 Å². The van der Waals surface area contributed by atoms with Gasteiger partial charge in [-0.2, -0.15) is 0 Å². The number of anilines is 1. The van der Waals surface area contributed by atoms with E-state index in [0.717, 1.165) is 16.9 Å². The van der Waals surface area contributed by atoms with Crippen LogP contribution in [-0.4, -0.2) is 40.1 Å². The summed E-state index contributed by atoms with van der Waals surface area (Å²) in [5, 5.41) is 5.52. The first kappa shape index (κ1) is 22.2. The van der Waals surface area contributed by atoms with Crippen molar-refractivity contribution in [2.45, 2.75) is 12.8 Å². The molecule has 0 aliphatic carbocycles. The lowest BCUT2D eigenvalue weighted by molar-refractivity contribution is -0.148. The highest BCUT2D eigenvalue weighted by Crippen LogP contribution is 2.34. The van der Waals surface area contributed by atoms with Crippen LogP contribution in [0.1, 0.15) is 0 Å². The second-order valence-electron chi connectivity index (χ2n) is 7.74. The summed E-state index contributed by atoms with van der Waals surface area (Å²) >= 11 is 12.0. The molecule has 172 valence electrons. The zero-order chi connectivity index (χ0) is 23.7. The summed E-state index contributed by atoms with van der Waals surface area (Å²) in [5.74, 6) is 0.870. The van der Waals surface area contributed by atoms with Crippen molar-refractivity contribution in [1.29, 1.82) is 0 Å². The van der Waals surface area contributed by atoms with Gasteiger partial charge in [-0.05, 0) is 60.7 Å². The van der Waals surface area contributed by atoms with Crippen LogP contribution < -0.4 is 9.64 Å². The summed E-state index contributed by atoms with van der Waals surface area (Å²) < 4.78 is 15.0. The molecule has 9 heteroatoms. The molecule has 34 heavy (non-hydrogen) atoms. The summed E-state index contributed by atoms with van der Waals surface area (Å²) in [6.07, 6.45) is -0.749. The third kappa shape index (κ3) is 4.18. The average Bonchev–Trinajstić information content (AvgIpc) is 3.20. The molecule has 0 radical (unpaired) electrons. The van der Waals surface area contributed by atoms with Gasteiger partial charge < -0.3 is 14.4 Å². The lowest BCUT2D eigenvalue weighted by atomic mass is 10.2. The van der Waals surface area contributed by atoms with Crippen molar-refractivity contribution in [3.63, 3.8) is 0 Å². The molecule has 0 saturated heterocycles. The highest BCUT2D eigenvalue weighted by molar-refractivity contribution is 7.71. The van der Waals surface area contributed by atoms with Gasteiger partial charge in [-0.1, -0.05) is 41.9 Å². The number of benzene rings is 3. The number of hydrogen-bond donors (Lipinski definition) is 0. The van der Waals surface area contributed by atoms with E-state index in [1.165, 1.54) is 7.11 Å². The van der Waals surface area contributed by atoms with Gasteiger partial charge >= 0.3 is 5.97 Å². The number of halogens is 1. The molecule has 5 rings (SSSR count). The van der Waals surface area contributed by atoms with Gasteiger partial charge in [-0.3, -0.25) is 4.57 Å². The average molecular weight is 493 g/mol. The number of aromatic nitrogens is 3. The standard InChI is InChI=1S/C25H21ClN4O3S/c1-32-24(31)22-15-28(20-9-5-6-10-21(20)33-22)16-29-25(34)30(19-7-3-2-4-8-19)23(27-29)17-11-13-18(26)14-12-17/h2-14,22H,15-16H2,1H3/t22-/m0/s1. The number of carbonyl (C=O) groups is 1. The summed E-state index contributed by atoms with van der Waals surface area (Å²) in [5.41, 5.74) is 2.64. The van der Waals surface area contributed by atoms with Crippen LogP contribution in [0.5, 0.6) is 5.75 Å². The highest BCUT2D eigenvalue weighted by atomic mass is 35.5. The molecule has 0 bridgehead atoms. The van der Waals surface area contributed by atoms with E-state index < -0.39 is 12.1 Å². The van der Waals surface area contributed by atoms with Gasteiger partial charge in [-0.25, -0.2) is 9.48 Å². The molecule has 2 heterocycles. The number of methoxy groups -OCH3 is 1. The van der Waals surface area contributed by atoms with Gasteiger partial charge in [0.15, 0.2) is 5.82 Å². The van der Waals surface area contributed by atoms with E-state index in [2.05, 4.69) is 0 Å². The summed E-state index contributed by atoms with van der Waals surface area (Å²) in [6, 6.07) is 24.9. The topological polar surface area (TPSA) is 61.5 Å². The molecule has 0 spiro atoms. The number of nitrogens with zero attached hydrogens (tertiary/aromatic N) is 4. The molecule has 3 aromatic carbocycles. The maximum atomic E-state index is 12.3. The summed E-state index contributed by atoms with van der Waals surface area (Å²) in [4.78, 5) is 14.3. The van der Waals surface area contributed by atoms with Crippen molar-refractivity contribution < 1.29 is 14.3 Å². The van der Waals surface area contributed by atoms with E-state index in [9.17, 15) is 4.79 Å². The first-order valence-corrected chi connectivity index (χ1v) is 11.4. The van der Waals surface area contributed by atoms with Gasteiger partial charge in [0.1, 0.15) is 12.4 Å². The van der Waals surface area contributed by atoms with Crippen molar-refractivity contribution in [2.75, 3.05) is 18.6 Å². The molecule has 4 aromatic rings. The third-order valence-electron chi connectivity index (χ3n) is 5.59. The Labute approximate surface area is 206 Å². The molecule has 1 aliphatic rings. The molecule has 0 fully saturated rings. The molecular weight excluding hydrogens is 472 g/mol. The monoisotopic (exact) mass is 492 g/mol. The van der Waals surface area contributed by atoms with Crippen LogP contribution in [0.15, 0.2) is 78.9 Å². The fourth-order valence-corrected chi connectivity index (χ4v) is 4.37. The van der Waals surface area contributed by atoms with E-state index in [0.29, 0.717) is 34.6 Å². The molecular formula is C25H21ClN4O3S. The van der Waals surface area contributed by atoms with E-state index in [1.54, 1.807) is 4.68 Å². The Balaban J connectivity index is 1.59. The summed E-state index contributed by atoms with van der Waals surface area (Å²) in [7, 11) is 1.35. The molecule has 7 nitrogen and oxygen atoms in total. The summed E-state index contributed by atoms with van der Waals surface area (Å²) in [6.45, 7) is 0.632. The third-order valence-corrected chi connectivity index (χ3v) is 6.23. The van der Waals surface area contributed by atoms with E-state index in [1.807, 2.05) is 88.3 Å². The van der Waals surface area contributed by atoms with Crippen molar-refractivity contribution in [1.82, 2.24) is 14.3 Å². The fraction of sp³-hybridized carbons (Fsp3) is 0.160. The van der Waals surface area contributed by atoms with Gasteiger partial charge in [-0.15, -0.1) is 5.10 Å². The van der Waals surface area contributed by atoms with Gasteiger partial charge in [0.2, 0.25) is 10.9 Å². The van der Waals surface area contributed by atoms with E-state index in [-0.39, 0.29) is 0 Å². The first-order chi connectivity index (χ1) is 16.5. The van der Waals surface area contributed by atoms with Crippen molar-refractivity contribution >= 4 is 35.5 Å².